The molecule has 0 aliphatic heterocycles. The highest BCUT2D eigenvalue weighted by Gasteiger charge is 2.24. The predicted octanol–water partition coefficient (Wildman–Crippen LogP) is 5.35. The van der Waals surface area contributed by atoms with Crippen molar-refractivity contribution in [3.8, 4) is 0 Å². The van der Waals surface area contributed by atoms with Gasteiger partial charge in [-0.15, -0.1) is 0 Å². The zero-order valence-electron chi connectivity index (χ0n) is 13.9. The molecule has 3 aromatic carbocycles. The largest absolute Gasteiger partial charge is 0.293 e. The third kappa shape index (κ3) is 3.37. The van der Waals surface area contributed by atoms with Crippen molar-refractivity contribution in [2.75, 3.05) is 0 Å². The van der Waals surface area contributed by atoms with Gasteiger partial charge < -0.3 is 0 Å². The lowest BCUT2D eigenvalue weighted by Crippen LogP contribution is -2.10. The number of hydrogen-bond donors (Lipinski definition) is 0. The van der Waals surface area contributed by atoms with E-state index in [1.807, 2.05) is 84.9 Å². The molecule has 3 nitrogen and oxygen atoms in total. The lowest BCUT2D eigenvalue weighted by Gasteiger charge is -2.16. The van der Waals surface area contributed by atoms with Crippen molar-refractivity contribution in [3.63, 3.8) is 0 Å². The van der Waals surface area contributed by atoms with Crippen LogP contribution in [0.25, 0.3) is 10.9 Å². The number of Topliss-reactive ketones (excluding diaryl/α,β-unsaturated/α-hetero) is 1. The van der Waals surface area contributed by atoms with Gasteiger partial charge in [0.1, 0.15) is 11.4 Å². The van der Waals surface area contributed by atoms with Crippen LogP contribution in [0.4, 0.5) is 0 Å². The van der Waals surface area contributed by atoms with Crippen LogP contribution in [0.15, 0.2) is 96.3 Å². The number of carbonyl (C=O) groups excluding carboxylic acids is 1. The summed E-state index contributed by atoms with van der Waals surface area (Å²) in [5.41, 5.74) is 2.55. The van der Waals surface area contributed by atoms with E-state index in [-0.39, 0.29) is 11.0 Å². The molecule has 0 radical (unpaired) electrons. The molecule has 4 rings (SSSR count). The average molecular weight is 356 g/mol. The van der Waals surface area contributed by atoms with Crippen LogP contribution in [0.3, 0.4) is 0 Å². The quantitative estimate of drug-likeness (QED) is 0.275. The Kier molecular flexibility index (Phi) is 4.75. The molecule has 4 aromatic rings. The summed E-state index contributed by atoms with van der Waals surface area (Å²) in [6.45, 7) is 0. The van der Waals surface area contributed by atoms with Crippen LogP contribution < -0.4 is 0 Å². The van der Waals surface area contributed by atoms with Crippen LogP contribution in [-0.2, 0) is 0 Å². The molecular weight excluding hydrogens is 340 g/mol. The normalized spacial score (nSPS) is 12.0. The van der Waals surface area contributed by atoms with E-state index in [1.54, 1.807) is 6.33 Å². The number of thioether (sulfide) groups is 1. The number of nitrogens with zero attached hydrogens (tertiary/aromatic N) is 2. The fourth-order valence-corrected chi connectivity index (χ4v) is 4.01. The zero-order chi connectivity index (χ0) is 17.8. The zero-order valence-corrected chi connectivity index (χ0v) is 14.8. The third-order valence-corrected chi connectivity index (χ3v) is 5.41. The standard InChI is InChI=1S/C22H16N2OS/c25-20(16-9-3-1-4-10-16)21(17-11-5-2-6-12-17)26-22-18-13-7-8-14-19(18)23-15-24-22/h1-15,21H/t21-/m1/s1. The monoisotopic (exact) mass is 356 g/mol. The SMILES string of the molecule is O=C(c1ccccc1)[C@H](Sc1ncnc2ccccc12)c1ccccc1. The Labute approximate surface area is 156 Å². The molecule has 4 heteroatoms. The first-order valence-corrected chi connectivity index (χ1v) is 9.21. The Morgan fingerprint density at radius 2 is 1.42 bits per heavy atom. The highest BCUT2D eigenvalue weighted by molar-refractivity contribution is 8.00. The topological polar surface area (TPSA) is 42.9 Å². The van der Waals surface area contributed by atoms with Gasteiger partial charge in [-0.05, 0) is 11.6 Å². The van der Waals surface area contributed by atoms with E-state index in [9.17, 15) is 4.79 Å². The molecule has 0 aliphatic carbocycles. The van der Waals surface area contributed by atoms with Gasteiger partial charge in [-0.25, -0.2) is 9.97 Å². The number of hydrogen-bond acceptors (Lipinski definition) is 4. The summed E-state index contributed by atoms with van der Waals surface area (Å²) in [6.07, 6.45) is 1.56. The van der Waals surface area contributed by atoms with Crippen LogP contribution in [0.5, 0.6) is 0 Å². The van der Waals surface area contributed by atoms with E-state index in [0.717, 1.165) is 21.5 Å². The van der Waals surface area contributed by atoms with E-state index in [0.29, 0.717) is 5.56 Å². The number of para-hydroxylation sites is 1. The summed E-state index contributed by atoms with van der Waals surface area (Å²) in [4.78, 5) is 22.0. The summed E-state index contributed by atoms with van der Waals surface area (Å²) in [5.74, 6) is 0.0736. The molecule has 1 atom stereocenters. The number of fused-ring (bicyclic) bond motifs is 1. The number of carbonyl (C=O) groups is 1. The summed E-state index contributed by atoms with van der Waals surface area (Å²) in [7, 11) is 0. The Morgan fingerprint density at radius 3 is 2.19 bits per heavy atom. The molecule has 1 heterocycles. The maximum absolute atomic E-state index is 13.2. The van der Waals surface area contributed by atoms with Crippen LogP contribution >= 0.6 is 11.8 Å². The van der Waals surface area contributed by atoms with Gasteiger partial charge in [0.15, 0.2) is 5.78 Å². The molecule has 0 unspecified atom stereocenters. The summed E-state index contributed by atoms with van der Waals surface area (Å²) in [5, 5.41) is 1.41. The van der Waals surface area contributed by atoms with E-state index in [2.05, 4.69) is 9.97 Å². The minimum atomic E-state index is -0.364. The highest BCUT2D eigenvalue weighted by Crippen LogP contribution is 2.39. The van der Waals surface area contributed by atoms with Gasteiger partial charge in [0, 0.05) is 10.9 Å². The summed E-state index contributed by atoms with van der Waals surface area (Å²) in [6, 6.07) is 27.1. The summed E-state index contributed by atoms with van der Waals surface area (Å²) >= 11 is 1.47. The number of benzene rings is 3. The molecule has 0 spiro atoms. The van der Waals surface area contributed by atoms with Crippen molar-refractivity contribution in [1.82, 2.24) is 9.97 Å². The molecule has 0 saturated carbocycles. The highest BCUT2D eigenvalue weighted by atomic mass is 32.2. The van der Waals surface area contributed by atoms with Gasteiger partial charge in [-0.2, -0.15) is 0 Å². The first kappa shape index (κ1) is 16.5. The molecule has 0 N–H and O–H groups in total. The fourth-order valence-electron chi connectivity index (χ4n) is 2.84. The first-order chi connectivity index (χ1) is 12.8. The lowest BCUT2D eigenvalue weighted by molar-refractivity contribution is 0.0989. The van der Waals surface area contributed by atoms with Gasteiger partial charge in [-0.3, -0.25) is 4.79 Å². The van der Waals surface area contributed by atoms with Crippen molar-refractivity contribution < 1.29 is 4.79 Å². The van der Waals surface area contributed by atoms with E-state index < -0.39 is 0 Å². The second-order valence-electron chi connectivity index (χ2n) is 5.83. The Hall–Kier alpha value is -2.98. The van der Waals surface area contributed by atoms with E-state index >= 15 is 0 Å². The van der Waals surface area contributed by atoms with Crippen molar-refractivity contribution >= 4 is 28.4 Å². The van der Waals surface area contributed by atoms with Crippen molar-refractivity contribution in [3.05, 3.63) is 102 Å². The second-order valence-corrected chi connectivity index (χ2v) is 6.93. The van der Waals surface area contributed by atoms with Crippen LogP contribution in [-0.4, -0.2) is 15.8 Å². The Morgan fingerprint density at radius 1 is 0.769 bits per heavy atom. The van der Waals surface area contributed by atoms with Crippen molar-refractivity contribution in [1.29, 1.82) is 0 Å². The molecule has 1 aromatic heterocycles. The van der Waals surface area contributed by atoms with Crippen LogP contribution in [0.2, 0.25) is 0 Å². The minimum Gasteiger partial charge on any atom is -0.293 e. The molecule has 126 valence electrons. The van der Waals surface area contributed by atoms with Crippen LogP contribution in [0.1, 0.15) is 21.2 Å². The maximum Gasteiger partial charge on any atom is 0.180 e. The number of ketones is 1. The summed E-state index contributed by atoms with van der Waals surface area (Å²) < 4.78 is 0. The van der Waals surface area contributed by atoms with Crippen LogP contribution in [0, 0.1) is 0 Å². The predicted molar refractivity (Wildman–Crippen MR) is 105 cm³/mol. The molecule has 26 heavy (non-hydrogen) atoms. The van der Waals surface area contributed by atoms with Gasteiger partial charge in [0.25, 0.3) is 0 Å². The Balaban J connectivity index is 1.77. The van der Waals surface area contributed by atoms with Gasteiger partial charge in [-0.1, -0.05) is 90.6 Å². The van der Waals surface area contributed by atoms with E-state index in [1.165, 1.54) is 11.8 Å². The average Bonchev–Trinajstić information content (AvgIpc) is 2.73. The molecule has 0 bridgehead atoms. The minimum absolute atomic E-state index is 0.0736. The second kappa shape index (κ2) is 7.50. The number of rotatable bonds is 5. The molecule has 0 amide bonds. The lowest BCUT2D eigenvalue weighted by atomic mass is 10.0. The Bertz CT molecular complexity index is 1030. The maximum atomic E-state index is 13.2. The van der Waals surface area contributed by atoms with Crippen molar-refractivity contribution in [2.24, 2.45) is 0 Å². The fraction of sp³-hybridized carbons (Fsp3) is 0.0455. The van der Waals surface area contributed by atoms with Gasteiger partial charge in [0.2, 0.25) is 0 Å². The van der Waals surface area contributed by atoms with Crippen molar-refractivity contribution in [2.45, 2.75) is 10.3 Å². The van der Waals surface area contributed by atoms with Gasteiger partial charge >= 0.3 is 0 Å². The molecule has 0 fully saturated rings. The van der Waals surface area contributed by atoms with E-state index in [4.69, 9.17) is 0 Å². The molecular formula is C22H16N2OS. The molecule has 0 aliphatic rings. The smallest absolute Gasteiger partial charge is 0.180 e. The molecule has 0 saturated heterocycles. The first-order valence-electron chi connectivity index (χ1n) is 8.33. The van der Waals surface area contributed by atoms with Gasteiger partial charge in [0.05, 0.1) is 10.8 Å². The number of aromatic nitrogens is 2. The third-order valence-electron chi connectivity index (χ3n) is 4.13.